The minimum Gasteiger partial charge on any atom is -0.0654 e. The van der Waals surface area contributed by atoms with Crippen LogP contribution >= 0.6 is 0 Å². The van der Waals surface area contributed by atoms with Crippen LogP contribution in [-0.2, 0) is 0 Å². The van der Waals surface area contributed by atoms with Crippen LogP contribution in [-0.4, -0.2) is 0 Å². The van der Waals surface area contributed by atoms with Gasteiger partial charge in [-0.3, -0.25) is 0 Å². The van der Waals surface area contributed by atoms with Gasteiger partial charge in [0.2, 0.25) is 0 Å². The van der Waals surface area contributed by atoms with Crippen LogP contribution in [0.3, 0.4) is 0 Å². The molecule has 1 unspecified atom stereocenters. The van der Waals surface area contributed by atoms with Crippen molar-refractivity contribution < 1.29 is 0 Å². The highest BCUT2D eigenvalue weighted by Gasteiger charge is 2.41. The zero-order valence-corrected chi connectivity index (χ0v) is 48.1. The lowest BCUT2D eigenvalue weighted by Crippen LogP contribution is -2.00. The minimum absolute atomic E-state index is 0.542. The second-order valence-electron chi connectivity index (χ2n) is 25.9. The Balaban J connectivity index is -0.000000290. The molecule has 0 heterocycles. The Morgan fingerprint density at radius 1 is 0.550 bits per heavy atom. The van der Waals surface area contributed by atoms with Crippen molar-refractivity contribution in [1.82, 2.24) is 0 Å². The summed E-state index contributed by atoms with van der Waals surface area (Å²) >= 11 is 0. The molecule has 6 aliphatic rings. The van der Waals surface area contributed by atoms with Crippen LogP contribution in [0.5, 0.6) is 0 Å². The normalized spacial score (nSPS) is 22.6. The molecule has 3 atom stereocenters. The summed E-state index contributed by atoms with van der Waals surface area (Å²) in [5.41, 5.74) is 3.38. The van der Waals surface area contributed by atoms with E-state index in [1.54, 1.807) is 0 Å². The highest BCUT2D eigenvalue weighted by Crippen LogP contribution is 2.51. The van der Waals surface area contributed by atoms with E-state index in [0.717, 1.165) is 64.1 Å². The maximum absolute atomic E-state index is 2.35. The van der Waals surface area contributed by atoms with E-state index in [2.05, 4.69) is 187 Å². The van der Waals surface area contributed by atoms with E-state index in [1.165, 1.54) is 122 Å². The van der Waals surface area contributed by atoms with Crippen LogP contribution in [0.15, 0.2) is 0 Å². The number of hydrogen-bond donors (Lipinski definition) is 0. The highest BCUT2D eigenvalue weighted by atomic mass is 14.5. The molecule has 6 saturated carbocycles. The molecule has 0 spiro atoms. The molecule has 0 aliphatic heterocycles. The van der Waals surface area contributed by atoms with Gasteiger partial charge in [0.1, 0.15) is 0 Å². The standard InChI is InChI=1S/6C6H12.4C6H14/c1-5-4-6(5,2)3;1-5(2)6-3-4-6;2*1-3-6(2)4-5-6;1-3-6-4-5(6)2;1-2-3-6-4-5-6;2*1-5-6(2,3)4;1-5(2)6(3)4;1-4-6(3)5-2/h5H,4H2,1-3H3;5-6H,3-4H2,1-2H3;2*3-5H2,1-2H3;5-6H,3-4H2,1-2H3;6H,2-5H2,1H3;2*5H2,1-4H3;5-6H,1-4H3;6H,4-5H2,1-3H3/t5-;;;;5-,6?;;;;;/m0...0...../s1. The molecule has 0 aromatic carbocycles. The summed E-state index contributed by atoms with van der Waals surface area (Å²) in [5.74, 6) is 9.02. The molecular formula is C60H128. The van der Waals surface area contributed by atoms with Crippen molar-refractivity contribution in [1.29, 1.82) is 0 Å². The lowest BCUT2D eigenvalue weighted by atomic mass is 9.94. The summed E-state index contributed by atoms with van der Waals surface area (Å²) in [7, 11) is 0. The van der Waals surface area contributed by atoms with Crippen molar-refractivity contribution in [2.45, 2.75) is 309 Å². The first kappa shape index (κ1) is 66.6. The Kier molecular flexibility index (Phi) is 38.1. The van der Waals surface area contributed by atoms with Gasteiger partial charge in [0, 0.05) is 0 Å². The van der Waals surface area contributed by atoms with Crippen molar-refractivity contribution in [3.8, 4) is 0 Å². The van der Waals surface area contributed by atoms with Gasteiger partial charge in [-0.1, -0.05) is 258 Å². The van der Waals surface area contributed by atoms with Gasteiger partial charge in [0.25, 0.3) is 0 Å². The molecule has 6 aliphatic carbocycles. The largest absolute Gasteiger partial charge is 0.0654 e. The van der Waals surface area contributed by atoms with E-state index in [9.17, 15) is 0 Å². The van der Waals surface area contributed by atoms with Crippen LogP contribution in [0.25, 0.3) is 0 Å². The van der Waals surface area contributed by atoms with Crippen LogP contribution in [0.4, 0.5) is 0 Å². The summed E-state index contributed by atoms with van der Waals surface area (Å²) in [6.45, 7) is 61.2. The summed E-state index contributed by atoms with van der Waals surface area (Å²) in [5, 5.41) is 0. The lowest BCUT2D eigenvalue weighted by molar-refractivity contribution is 0.397. The first-order valence-corrected chi connectivity index (χ1v) is 27.3. The topological polar surface area (TPSA) is 0 Å². The Morgan fingerprint density at radius 2 is 0.850 bits per heavy atom. The second kappa shape index (κ2) is 34.4. The first-order valence-electron chi connectivity index (χ1n) is 27.3. The minimum atomic E-state index is 0.542. The number of rotatable bonds is 9. The van der Waals surface area contributed by atoms with Crippen molar-refractivity contribution in [3.63, 3.8) is 0 Å². The van der Waals surface area contributed by atoms with Gasteiger partial charge in [-0.15, -0.1) is 0 Å². The molecular weight excluding hydrogens is 721 g/mol. The molecule has 0 N–H and O–H groups in total. The van der Waals surface area contributed by atoms with Crippen molar-refractivity contribution in [3.05, 3.63) is 0 Å². The fourth-order valence-corrected chi connectivity index (χ4v) is 4.70. The molecule has 0 aromatic rings. The summed E-state index contributed by atoms with van der Waals surface area (Å²) in [6, 6.07) is 0. The van der Waals surface area contributed by atoms with Gasteiger partial charge < -0.3 is 0 Å². The van der Waals surface area contributed by atoms with Gasteiger partial charge >= 0.3 is 0 Å². The summed E-state index contributed by atoms with van der Waals surface area (Å²) in [4.78, 5) is 0. The molecule has 0 radical (unpaired) electrons. The van der Waals surface area contributed by atoms with E-state index in [4.69, 9.17) is 0 Å². The van der Waals surface area contributed by atoms with Gasteiger partial charge in [0.15, 0.2) is 0 Å². The van der Waals surface area contributed by atoms with Crippen LogP contribution in [0.2, 0.25) is 0 Å². The maximum Gasteiger partial charge on any atom is -0.0326 e. The predicted octanol–water partition coefficient (Wildman–Crippen LogP) is 22.4. The molecule has 0 amide bonds. The monoisotopic (exact) mass is 849 g/mol. The second-order valence-corrected chi connectivity index (χ2v) is 25.9. The van der Waals surface area contributed by atoms with Crippen molar-refractivity contribution in [2.24, 2.45) is 80.3 Å². The van der Waals surface area contributed by atoms with Crippen LogP contribution in [0, 0.1) is 80.3 Å². The van der Waals surface area contributed by atoms with E-state index in [-0.39, 0.29) is 0 Å². The Labute approximate surface area is 387 Å². The molecule has 0 nitrogen and oxygen atoms in total. The van der Waals surface area contributed by atoms with E-state index in [0.29, 0.717) is 16.2 Å². The SMILES string of the molecule is CC(C)C(C)C.CC(C)C1CC1.CCC(C)(C)C.CCC(C)(C)C.CCC(C)CC.CCC1(C)CC1.CCC1(C)CC1.CCC1C[C@@H]1C.CCCC1CC1.C[C@H]1CC1(C)C. The third-order valence-electron chi connectivity index (χ3n) is 15.5. The van der Waals surface area contributed by atoms with Gasteiger partial charge in [-0.2, -0.15) is 0 Å². The van der Waals surface area contributed by atoms with E-state index < -0.39 is 0 Å². The Bertz CT molecular complexity index is 822. The quantitative estimate of drug-likeness (QED) is 0.217. The fourth-order valence-electron chi connectivity index (χ4n) is 4.70. The van der Waals surface area contributed by atoms with Gasteiger partial charge in [0.05, 0.1) is 0 Å². The third kappa shape index (κ3) is 52.3. The molecule has 368 valence electrons. The molecule has 0 saturated heterocycles. The Hall–Kier alpha value is 0. The fraction of sp³-hybridized carbons (Fsp3) is 1.00. The van der Waals surface area contributed by atoms with Crippen LogP contribution < -0.4 is 0 Å². The molecule has 0 bridgehead atoms. The predicted molar refractivity (Wildman–Crippen MR) is 284 cm³/mol. The Morgan fingerprint density at radius 3 is 0.867 bits per heavy atom. The number of hydrogen-bond acceptors (Lipinski definition) is 0. The summed E-state index contributed by atoms with van der Waals surface area (Å²) < 4.78 is 0. The summed E-state index contributed by atoms with van der Waals surface area (Å²) in [6.07, 6.45) is 27.1. The van der Waals surface area contributed by atoms with E-state index >= 15 is 0 Å². The molecule has 0 heteroatoms. The van der Waals surface area contributed by atoms with E-state index in [1.807, 2.05) is 0 Å². The van der Waals surface area contributed by atoms with Gasteiger partial charge in [-0.25, -0.2) is 0 Å². The van der Waals surface area contributed by atoms with Crippen LogP contribution in [0.1, 0.15) is 309 Å². The first-order chi connectivity index (χ1) is 27.3. The molecule has 6 fully saturated rings. The highest BCUT2D eigenvalue weighted by molar-refractivity contribution is 4.91. The smallest absolute Gasteiger partial charge is 0.0326 e. The average Bonchev–Trinajstić information content (AvgIpc) is 3.97. The van der Waals surface area contributed by atoms with Gasteiger partial charge in [-0.05, 0) is 132 Å². The zero-order chi connectivity index (χ0) is 48.1. The third-order valence-corrected chi connectivity index (χ3v) is 15.5. The molecule has 0 aromatic heterocycles. The molecule has 60 heavy (non-hydrogen) atoms. The van der Waals surface area contributed by atoms with Crippen molar-refractivity contribution >= 4 is 0 Å². The van der Waals surface area contributed by atoms with Crippen molar-refractivity contribution in [2.75, 3.05) is 0 Å². The lowest BCUT2D eigenvalue weighted by Gasteiger charge is -2.12. The average molecular weight is 850 g/mol. The zero-order valence-electron chi connectivity index (χ0n) is 48.1. The molecule has 6 rings (SSSR count). The maximum atomic E-state index is 2.35.